The number of rotatable bonds is 7. The van der Waals surface area contributed by atoms with Gasteiger partial charge in [0.2, 0.25) is 0 Å². The van der Waals surface area contributed by atoms with Crippen molar-refractivity contribution in [2.24, 2.45) is 0 Å². The van der Waals surface area contributed by atoms with Gasteiger partial charge in [-0.15, -0.1) is 0 Å². The largest absolute Gasteiger partial charge is 0.462 e. The second-order valence-corrected chi connectivity index (χ2v) is 2.53. The van der Waals surface area contributed by atoms with Crippen LogP contribution in [-0.4, -0.2) is 45.2 Å². The van der Waals surface area contributed by atoms with Crippen molar-refractivity contribution in [1.82, 2.24) is 0 Å². The van der Waals surface area contributed by atoms with E-state index < -0.39 is 18.8 Å². The molecule has 0 aliphatic rings. The Labute approximate surface area is 85.3 Å². The summed E-state index contributed by atoms with van der Waals surface area (Å²) in [5, 5.41) is 0. The van der Waals surface area contributed by atoms with Gasteiger partial charge in [0.25, 0.3) is 0 Å². The van der Waals surface area contributed by atoms with Crippen molar-refractivity contribution < 1.29 is 32.2 Å². The van der Waals surface area contributed by atoms with Gasteiger partial charge in [0.15, 0.2) is 0 Å². The SMILES string of the molecule is CCOCC(=O)OCCOCC(F)(F)F. The fourth-order valence-electron chi connectivity index (χ4n) is 0.629. The molecular formula is C8H13F3O4. The molecule has 0 rings (SSSR count). The first kappa shape index (κ1) is 14.2. The highest BCUT2D eigenvalue weighted by Gasteiger charge is 2.27. The van der Waals surface area contributed by atoms with Crippen molar-refractivity contribution in [1.29, 1.82) is 0 Å². The molecule has 0 N–H and O–H groups in total. The van der Waals surface area contributed by atoms with Crippen LogP contribution in [0.1, 0.15) is 6.92 Å². The Balaban J connectivity index is 3.27. The Bertz CT molecular complexity index is 181. The lowest BCUT2D eigenvalue weighted by Gasteiger charge is -2.08. The van der Waals surface area contributed by atoms with Crippen LogP contribution in [0, 0.1) is 0 Å². The summed E-state index contributed by atoms with van der Waals surface area (Å²) in [6.45, 7) is 0.0601. The zero-order valence-corrected chi connectivity index (χ0v) is 8.30. The quantitative estimate of drug-likeness (QED) is 0.486. The van der Waals surface area contributed by atoms with Crippen LogP contribution in [0.4, 0.5) is 13.2 Å². The number of hydrogen-bond donors (Lipinski definition) is 0. The monoisotopic (exact) mass is 230 g/mol. The first-order valence-electron chi connectivity index (χ1n) is 4.33. The standard InChI is InChI=1S/C8H13F3O4/c1-2-13-5-7(12)15-4-3-14-6-8(9,10)11/h2-6H2,1H3. The minimum absolute atomic E-state index is 0.199. The number of alkyl halides is 3. The van der Waals surface area contributed by atoms with Gasteiger partial charge in [-0.3, -0.25) is 0 Å². The Morgan fingerprint density at radius 3 is 2.40 bits per heavy atom. The molecule has 0 bridgehead atoms. The topological polar surface area (TPSA) is 44.8 Å². The van der Waals surface area contributed by atoms with Crippen LogP contribution in [0.2, 0.25) is 0 Å². The molecule has 0 amide bonds. The summed E-state index contributed by atoms with van der Waals surface area (Å²) in [6, 6.07) is 0. The van der Waals surface area contributed by atoms with Crippen LogP contribution in [0.5, 0.6) is 0 Å². The predicted molar refractivity (Wildman–Crippen MR) is 44.3 cm³/mol. The minimum atomic E-state index is -4.35. The molecule has 0 unspecified atom stereocenters. The molecule has 0 heterocycles. The molecule has 0 radical (unpaired) electrons. The maximum Gasteiger partial charge on any atom is 0.411 e. The summed E-state index contributed by atoms with van der Waals surface area (Å²) in [5.74, 6) is -0.618. The van der Waals surface area contributed by atoms with Gasteiger partial charge in [0.1, 0.15) is 19.8 Å². The minimum Gasteiger partial charge on any atom is -0.462 e. The highest BCUT2D eigenvalue weighted by atomic mass is 19.4. The maximum absolute atomic E-state index is 11.6. The van der Waals surface area contributed by atoms with Crippen molar-refractivity contribution in [3.63, 3.8) is 0 Å². The van der Waals surface area contributed by atoms with Crippen molar-refractivity contribution in [2.75, 3.05) is 33.0 Å². The summed E-state index contributed by atoms with van der Waals surface area (Å²) in [6.07, 6.45) is -4.35. The predicted octanol–water partition coefficient (Wildman–Crippen LogP) is 1.15. The molecule has 0 aromatic heterocycles. The van der Waals surface area contributed by atoms with Gasteiger partial charge < -0.3 is 14.2 Å². The van der Waals surface area contributed by atoms with Crippen LogP contribution >= 0.6 is 0 Å². The van der Waals surface area contributed by atoms with Crippen LogP contribution < -0.4 is 0 Å². The molecule has 0 aromatic rings. The fourth-order valence-corrected chi connectivity index (χ4v) is 0.629. The number of hydrogen-bond acceptors (Lipinski definition) is 4. The molecule has 4 nitrogen and oxygen atoms in total. The number of ether oxygens (including phenoxy) is 3. The van der Waals surface area contributed by atoms with Gasteiger partial charge in [-0.25, -0.2) is 4.79 Å². The van der Waals surface area contributed by atoms with E-state index in [1.807, 2.05) is 0 Å². The van der Waals surface area contributed by atoms with Gasteiger partial charge in [-0.1, -0.05) is 0 Å². The molecule has 0 saturated heterocycles. The number of carbonyl (C=O) groups is 1. The zero-order chi connectivity index (χ0) is 11.7. The van der Waals surface area contributed by atoms with Gasteiger partial charge in [-0.05, 0) is 6.92 Å². The molecule has 0 saturated carbocycles. The first-order chi connectivity index (χ1) is 6.95. The Hall–Kier alpha value is -0.820. The average Bonchev–Trinajstić information content (AvgIpc) is 2.12. The van der Waals surface area contributed by atoms with E-state index in [0.29, 0.717) is 6.61 Å². The van der Waals surface area contributed by atoms with Gasteiger partial charge >= 0.3 is 12.1 Å². The lowest BCUT2D eigenvalue weighted by molar-refractivity contribution is -0.178. The third-order valence-electron chi connectivity index (χ3n) is 1.18. The van der Waals surface area contributed by atoms with Crippen molar-refractivity contribution in [3.8, 4) is 0 Å². The Kier molecular flexibility index (Phi) is 7.06. The van der Waals surface area contributed by atoms with E-state index in [-0.39, 0.29) is 19.8 Å². The van der Waals surface area contributed by atoms with Gasteiger partial charge in [0, 0.05) is 6.61 Å². The molecule has 0 spiro atoms. The molecule has 0 aromatic carbocycles. The van der Waals surface area contributed by atoms with E-state index in [2.05, 4.69) is 9.47 Å². The van der Waals surface area contributed by atoms with E-state index in [1.54, 1.807) is 6.92 Å². The third kappa shape index (κ3) is 11.1. The lowest BCUT2D eigenvalue weighted by Crippen LogP contribution is -2.20. The summed E-state index contributed by atoms with van der Waals surface area (Å²) in [5.41, 5.74) is 0. The molecule has 0 atom stereocenters. The second-order valence-electron chi connectivity index (χ2n) is 2.53. The van der Waals surface area contributed by atoms with E-state index in [0.717, 1.165) is 0 Å². The molecule has 0 aliphatic heterocycles. The van der Waals surface area contributed by atoms with Crippen LogP contribution in [0.15, 0.2) is 0 Å². The van der Waals surface area contributed by atoms with Crippen molar-refractivity contribution in [3.05, 3.63) is 0 Å². The fraction of sp³-hybridized carbons (Fsp3) is 0.875. The normalized spacial score (nSPS) is 11.5. The second kappa shape index (κ2) is 7.47. The number of esters is 1. The lowest BCUT2D eigenvalue weighted by atomic mass is 10.6. The van der Waals surface area contributed by atoms with Crippen molar-refractivity contribution in [2.45, 2.75) is 13.1 Å². The van der Waals surface area contributed by atoms with E-state index in [9.17, 15) is 18.0 Å². The zero-order valence-electron chi connectivity index (χ0n) is 8.30. The molecule has 90 valence electrons. The number of carbonyl (C=O) groups excluding carboxylic acids is 1. The summed E-state index contributed by atoms with van der Waals surface area (Å²) < 4.78 is 48.1. The van der Waals surface area contributed by atoms with Crippen molar-refractivity contribution >= 4 is 5.97 Å². The highest BCUT2D eigenvalue weighted by molar-refractivity contribution is 5.70. The molecule has 0 fully saturated rings. The van der Waals surface area contributed by atoms with Crippen LogP contribution in [0.25, 0.3) is 0 Å². The summed E-state index contributed by atoms with van der Waals surface area (Å²) in [4.78, 5) is 10.7. The van der Waals surface area contributed by atoms with E-state index in [1.165, 1.54) is 0 Å². The first-order valence-corrected chi connectivity index (χ1v) is 4.33. The molecule has 0 aliphatic carbocycles. The van der Waals surface area contributed by atoms with Crippen LogP contribution in [-0.2, 0) is 19.0 Å². The van der Waals surface area contributed by atoms with E-state index in [4.69, 9.17) is 4.74 Å². The van der Waals surface area contributed by atoms with Gasteiger partial charge in [-0.2, -0.15) is 13.2 Å². The smallest absolute Gasteiger partial charge is 0.411 e. The Morgan fingerprint density at radius 2 is 1.87 bits per heavy atom. The maximum atomic E-state index is 11.6. The summed E-state index contributed by atoms with van der Waals surface area (Å²) >= 11 is 0. The van der Waals surface area contributed by atoms with E-state index >= 15 is 0 Å². The third-order valence-corrected chi connectivity index (χ3v) is 1.18. The highest BCUT2D eigenvalue weighted by Crippen LogP contribution is 2.13. The summed E-state index contributed by atoms with van der Waals surface area (Å²) in [7, 11) is 0. The number of halogens is 3. The Morgan fingerprint density at radius 1 is 1.20 bits per heavy atom. The molecular weight excluding hydrogens is 217 g/mol. The van der Waals surface area contributed by atoms with Crippen LogP contribution in [0.3, 0.4) is 0 Å². The molecule has 7 heteroatoms. The average molecular weight is 230 g/mol. The molecule has 15 heavy (non-hydrogen) atoms. The van der Waals surface area contributed by atoms with Gasteiger partial charge in [0.05, 0.1) is 6.61 Å².